The molecule has 1 N–H and O–H groups in total. The fraction of sp³-hybridized carbons (Fsp3) is 0.600. The fourth-order valence-electron chi connectivity index (χ4n) is 2.88. The Hall–Kier alpha value is 0.300. The molecule has 1 aliphatic heterocycles. The molecule has 1 fully saturated rings. The van der Waals surface area contributed by atoms with E-state index in [0.717, 1.165) is 41.8 Å². The van der Waals surface area contributed by atoms with Crippen LogP contribution in [0, 0.1) is 5.41 Å². The van der Waals surface area contributed by atoms with Crippen molar-refractivity contribution in [1.29, 1.82) is 0 Å². The first-order valence-corrected chi connectivity index (χ1v) is 7.55. The summed E-state index contributed by atoms with van der Waals surface area (Å²) in [7, 11) is 0. The summed E-state index contributed by atoms with van der Waals surface area (Å²) < 4.78 is 0. The van der Waals surface area contributed by atoms with Gasteiger partial charge in [0.1, 0.15) is 0 Å². The second-order valence-corrected chi connectivity index (χ2v) is 7.06. The first-order chi connectivity index (χ1) is 8.89. The minimum Gasteiger partial charge on any atom is -0.314 e. The lowest BCUT2D eigenvalue weighted by Crippen LogP contribution is -2.48. The largest absolute Gasteiger partial charge is 0.314 e. The molecule has 0 aliphatic carbocycles. The van der Waals surface area contributed by atoms with Gasteiger partial charge in [0, 0.05) is 42.3 Å². The van der Waals surface area contributed by atoms with E-state index in [1.54, 1.807) is 0 Å². The molecule has 2 rings (SSSR count). The van der Waals surface area contributed by atoms with Crippen LogP contribution in [0.15, 0.2) is 18.2 Å². The van der Waals surface area contributed by atoms with E-state index < -0.39 is 0 Å². The van der Waals surface area contributed by atoms with Crippen LogP contribution in [0.5, 0.6) is 0 Å². The number of nitrogens with one attached hydrogen (secondary N) is 1. The molecule has 1 saturated heterocycles. The molecular weight excluding hydrogens is 350 g/mol. The molecule has 1 aromatic rings. The predicted molar refractivity (Wildman–Crippen MR) is 97.6 cm³/mol. The highest BCUT2D eigenvalue weighted by Gasteiger charge is 2.33. The smallest absolute Gasteiger partial charge is 0.0455 e. The molecule has 1 atom stereocenters. The average molecular weight is 374 g/mol. The fourth-order valence-corrected chi connectivity index (χ4v) is 3.28. The van der Waals surface area contributed by atoms with E-state index in [1.165, 1.54) is 0 Å². The summed E-state index contributed by atoms with van der Waals surface area (Å²) in [6, 6.07) is 6.06. The number of nitrogens with zero attached hydrogens (tertiary/aromatic N) is 1. The Kier molecular flexibility index (Phi) is 8.93. The summed E-state index contributed by atoms with van der Waals surface area (Å²) in [6.45, 7) is 10.9. The summed E-state index contributed by atoms with van der Waals surface area (Å²) >= 11 is 12.6. The molecule has 1 aliphatic rings. The van der Waals surface area contributed by atoms with Crippen LogP contribution in [-0.4, -0.2) is 31.1 Å². The van der Waals surface area contributed by atoms with Gasteiger partial charge >= 0.3 is 0 Å². The minimum absolute atomic E-state index is 0. The van der Waals surface area contributed by atoms with Gasteiger partial charge in [0.15, 0.2) is 0 Å². The Balaban J connectivity index is 0.00000200. The number of benzene rings is 1. The van der Waals surface area contributed by atoms with Crippen LogP contribution in [-0.2, 0) is 0 Å². The van der Waals surface area contributed by atoms with Crippen LogP contribution >= 0.6 is 48.0 Å². The Bertz CT molecular complexity index is 440. The molecule has 0 radical (unpaired) electrons. The molecule has 21 heavy (non-hydrogen) atoms. The first-order valence-electron chi connectivity index (χ1n) is 6.79. The Labute approximate surface area is 150 Å². The van der Waals surface area contributed by atoms with Gasteiger partial charge in [0.2, 0.25) is 0 Å². The number of hydrogen-bond acceptors (Lipinski definition) is 2. The maximum absolute atomic E-state index is 6.42. The van der Waals surface area contributed by atoms with Gasteiger partial charge in [-0.1, -0.05) is 44.0 Å². The highest BCUT2D eigenvalue weighted by Crippen LogP contribution is 2.41. The van der Waals surface area contributed by atoms with Gasteiger partial charge < -0.3 is 5.32 Å². The summed E-state index contributed by atoms with van der Waals surface area (Å²) in [6.07, 6.45) is 0. The molecular formula is C15H24Cl4N2. The van der Waals surface area contributed by atoms with Crippen molar-refractivity contribution in [3.63, 3.8) is 0 Å². The second-order valence-electron chi connectivity index (χ2n) is 6.22. The van der Waals surface area contributed by atoms with E-state index in [0.29, 0.717) is 6.04 Å². The SMILES string of the molecule is CC(C)(C)[C@@H](c1cc(Cl)ccc1Cl)N1CCNCC1.Cl.Cl. The highest BCUT2D eigenvalue weighted by molar-refractivity contribution is 6.33. The molecule has 1 heterocycles. The van der Waals surface area contributed by atoms with Crippen molar-refractivity contribution in [2.45, 2.75) is 26.8 Å². The predicted octanol–water partition coefficient (Wildman–Crippen LogP) is 4.83. The molecule has 0 amide bonds. The van der Waals surface area contributed by atoms with E-state index in [-0.39, 0.29) is 30.2 Å². The first kappa shape index (κ1) is 21.3. The lowest BCUT2D eigenvalue weighted by molar-refractivity contribution is 0.0863. The maximum Gasteiger partial charge on any atom is 0.0455 e. The minimum atomic E-state index is 0. The number of hydrogen-bond donors (Lipinski definition) is 1. The van der Waals surface area contributed by atoms with Crippen LogP contribution < -0.4 is 5.32 Å². The molecule has 6 heteroatoms. The van der Waals surface area contributed by atoms with Crippen LogP contribution in [0.2, 0.25) is 10.0 Å². The molecule has 0 saturated carbocycles. The molecule has 122 valence electrons. The van der Waals surface area contributed by atoms with Gasteiger partial charge in [-0.2, -0.15) is 0 Å². The van der Waals surface area contributed by atoms with E-state index in [9.17, 15) is 0 Å². The summed E-state index contributed by atoms with van der Waals surface area (Å²) in [4.78, 5) is 2.51. The van der Waals surface area contributed by atoms with Gasteiger partial charge in [-0.3, -0.25) is 4.90 Å². The van der Waals surface area contributed by atoms with E-state index in [4.69, 9.17) is 23.2 Å². The van der Waals surface area contributed by atoms with Crippen LogP contribution in [0.4, 0.5) is 0 Å². The lowest BCUT2D eigenvalue weighted by Gasteiger charge is -2.43. The summed E-state index contributed by atoms with van der Waals surface area (Å²) in [5.41, 5.74) is 1.26. The van der Waals surface area contributed by atoms with Crippen molar-refractivity contribution < 1.29 is 0 Å². The standard InChI is InChI=1S/C15H22Cl2N2.2ClH/c1-15(2,3)14(19-8-6-18-7-9-19)12-10-11(16)4-5-13(12)17;;/h4-5,10,14,18H,6-9H2,1-3H3;2*1H/t14-;;/m1../s1. The zero-order valence-electron chi connectivity index (χ0n) is 12.7. The lowest BCUT2D eigenvalue weighted by atomic mass is 9.81. The normalized spacial score (nSPS) is 17.6. The summed E-state index contributed by atoms with van der Waals surface area (Å²) in [5.74, 6) is 0. The third kappa shape index (κ3) is 5.46. The third-order valence-corrected chi connectivity index (χ3v) is 4.17. The Morgan fingerprint density at radius 1 is 1.10 bits per heavy atom. The van der Waals surface area contributed by atoms with Crippen molar-refractivity contribution in [2.24, 2.45) is 5.41 Å². The zero-order valence-corrected chi connectivity index (χ0v) is 15.8. The van der Waals surface area contributed by atoms with Gasteiger partial charge in [-0.25, -0.2) is 0 Å². The quantitative estimate of drug-likeness (QED) is 0.798. The number of piperazine rings is 1. The molecule has 0 bridgehead atoms. The van der Waals surface area contributed by atoms with Gasteiger partial charge in [-0.05, 0) is 29.2 Å². The van der Waals surface area contributed by atoms with Gasteiger partial charge in [-0.15, -0.1) is 24.8 Å². The van der Waals surface area contributed by atoms with Crippen LogP contribution in [0.1, 0.15) is 32.4 Å². The van der Waals surface area contributed by atoms with E-state index in [2.05, 4.69) is 31.0 Å². The van der Waals surface area contributed by atoms with Crippen LogP contribution in [0.25, 0.3) is 0 Å². The van der Waals surface area contributed by atoms with Crippen LogP contribution in [0.3, 0.4) is 0 Å². The van der Waals surface area contributed by atoms with Crippen molar-refractivity contribution >= 4 is 48.0 Å². The van der Waals surface area contributed by atoms with Gasteiger partial charge in [0.25, 0.3) is 0 Å². The Morgan fingerprint density at radius 2 is 1.67 bits per heavy atom. The van der Waals surface area contributed by atoms with Crippen molar-refractivity contribution in [1.82, 2.24) is 10.2 Å². The average Bonchev–Trinajstić information content (AvgIpc) is 2.33. The molecule has 0 spiro atoms. The van der Waals surface area contributed by atoms with Crippen molar-refractivity contribution in [3.05, 3.63) is 33.8 Å². The molecule has 1 aromatic carbocycles. The third-order valence-electron chi connectivity index (χ3n) is 3.59. The zero-order chi connectivity index (χ0) is 14.0. The Morgan fingerprint density at radius 3 is 2.19 bits per heavy atom. The maximum atomic E-state index is 6.42. The second kappa shape index (κ2) is 8.81. The molecule has 2 nitrogen and oxygen atoms in total. The molecule has 0 unspecified atom stereocenters. The number of rotatable bonds is 2. The number of halogens is 4. The molecule has 0 aromatic heterocycles. The van der Waals surface area contributed by atoms with Crippen molar-refractivity contribution in [3.8, 4) is 0 Å². The van der Waals surface area contributed by atoms with E-state index >= 15 is 0 Å². The van der Waals surface area contributed by atoms with Crippen molar-refractivity contribution in [2.75, 3.05) is 26.2 Å². The monoisotopic (exact) mass is 372 g/mol. The topological polar surface area (TPSA) is 15.3 Å². The van der Waals surface area contributed by atoms with Gasteiger partial charge in [0.05, 0.1) is 0 Å². The van der Waals surface area contributed by atoms with E-state index in [1.807, 2.05) is 18.2 Å². The highest BCUT2D eigenvalue weighted by atomic mass is 35.5. The summed E-state index contributed by atoms with van der Waals surface area (Å²) in [5, 5.41) is 4.96.